The summed E-state index contributed by atoms with van der Waals surface area (Å²) in [5, 5.41) is 3.88. The largest absolute Gasteiger partial charge is 0.342 e. The van der Waals surface area contributed by atoms with Gasteiger partial charge in [-0.1, -0.05) is 27.7 Å². The molecular weight excluding hydrogens is 268 g/mol. The number of nitrogens with one attached hydrogen (secondary N) is 1. The van der Waals surface area contributed by atoms with Crippen LogP contribution in [0.25, 0.3) is 0 Å². The highest BCUT2D eigenvalue weighted by atomic mass is 32.2. The van der Waals surface area contributed by atoms with E-state index in [0.717, 1.165) is 25.9 Å². The van der Waals surface area contributed by atoms with E-state index >= 15 is 0 Å². The summed E-state index contributed by atoms with van der Waals surface area (Å²) in [5.74, 6) is 2.98. The fourth-order valence-corrected chi connectivity index (χ4v) is 4.75. The van der Waals surface area contributed by atoms with Gasteiger partial charge >= 0.3 is 0 Å². The van der Waals surface area contributed by atoms with Crippen LogP contribution in [0.2, 0.25) is 0 Å². The van der Waals surface area contributed by atoms with E-state index in [0.29, 0.717) is 23.4 Å². The lowest BCUT2D eigenvalue weighted by Crippen LogP contribution is -2.54. The topological polar surface area (TPSA) is 32.3 Å². The first-order chi connectivity index (χ1) is 9.40. The molecule has 2 aliphatic heterocycles. The highest BCUT2D eigenvalue weighted by Gasteiger charge is 2.34. The molecule has 2 rings (SSSR count). The summed E-state index contributed by atoms with van der Waals surface area (Å²) in [6.45, 7) is 10.6. The molecule has 0 aromatic carbocycles. The average molecular weight is 298 g/mol. The van der Waals surface area contributed by atoms with Crippen molar-refractivity contribution in [1.29, 1.82) is 0 Å². The fraction of sp³-hybridized carbons (Fsp3) is 0.938. The molecule has 1 amide bonds. The second kappa shape index (κ2) is 6.69. The Balaban J connectivity index is 1.81. The Morgan fingerprint density at radius 1 is 1.30 bits per heavy atom. The third kappa shape index (κ3) is 3.91. The highest BCUT2D eigenvalue weighted by molar-refractivity contribution is 7.99. The van der Waals surface area contributed by atoms with Gasteiger partial charge in [0.2, 0.25) is 5.91 Å². The smallest absolute Gasteiger partial charge is 0.225 e. The predicted molar refractivity (Wildman–Crippen MR) is 87.1 cm³/mol. The Kier molecular flexibility index (Phi) is 5.41. The van der Waals surface area contributed by atoms with Crippen molar-refractivity contribution in [3.8, 4) is 0 Å². The molecule has 0 bridgehead atoms. The lowest BCUT2D eigenvalue weighted by atomic mass is 9.81. The molecule has 0 aromatic heterocycles. The Hall–Kier alpha value is -0.220. The number of nitrogens with zero attached hydrogens (tertiary/aromatic N) is 1. The molecule has 20 heavy (non-hydrogen) atoms. The molecule has 2 fully saturated rings. The van der Waals surface area contributed by atoms with Gasteiger partial charge < -0.3 is 10.2 Å². The van der Waals surface area contributed by atoms with Gasteiger partial charge in [-0.15, -0.1) is 0 Å². The van der Waals surface area contributed by atoms with Crippen LogP contribution in [0.5, 0.6) is 0 Å². The quantitative estimate of drug-likeness (QED) is 0.869. The summed E-state index contributed by atoms with van der Waals surface area (Å²) in [7, 11) is 0. The normalized spacial score (nSPS) is 27.9. The van der Waals surface area contributed by atoms with Crippen LogP contribution in [0, 0.1) is 11.3 Å². The van der Waals surface area contributed by atoms with Crippen molar-refractivity contribution in [2.24, 2.45) is 11.3 Å². The molecule has 0 radical (unpaired) electrons. The van der Waals surface area contributed by atoms with Crippen molar-refractivity contribution < 1.29 is 4.79 Å². The molecule has 3 nitrogen and oxygen atoms in total. The minimum atomic E-state index is 0.133. The number of hydrogen-bond acceptors (Lipinski definition) is 3. The molecule has 1 unspecified atom stereocenters. The number of piperidine rings is 1. The number of rotatable bonds is 3. The van der Waals surface area contributed by atoms with Gasteiger partial charge in [-0.05, 0) is 30.4 Å². The fourth-order valence-electron chi connectivity index (χ4n) is 3.13. The van der Waals surface area contributed by atoms with Crippen LogP contribution in [0.3, 0.4) is 0 Å². The third-order valence-corrected chi connectivity index (χ3v) is 5.92. The van der Waals surface area contributed by atoms with Gasteiger partial charge in [-0.2, -0.15) is 11.8 Å². The molecular formula is C16H30N2OS. The Morgan fingerprint density at radius 2 is 1.95 bits per heavy atom. The Labute approximate surface area is 128 Å². The molecule has 2 aliphatic rings. The lowest BCUT2D eigenvalue weighted by Gasteiger charge is -2.43. The minimum Gasteiger partial charge on any atom is -0.342 e. The summed E-state index contributed by atoms with van der Waals surface area (Å²) >= 11 is 2.08. The maximum Gasteiger partial charge on any atom is 0.225 e. The van der Waals surface area contributed by atoms with Crippen LogP contribution in [0.1, 0.15) is 47.0 Å². The zero-order valence-electron chi connectivity index (χ0n) is 13.4. The van der Waals surface area contributed by atoms with E-state index in [4.69, 9.17) is 0 Å². The van der Waals surface area contributed by atoms with Crippen LogP contribution < -0.4 is 5.32 Å². The van der Waals surface area contributed by atoms with Gasteiger partial charge in [-0.3, -0.25) is 4.79 Å². The molecule has 0 aliphatic carbocycles. The van der Waals surface area contributed by atoms with Crippen molar-refractivity contribution in [2.45, 2.75) is 59.0 Å². The maximum absolute atomic E-state index is 12.0. The van der Waals surface area contributed by atoms with Crippen LogP contribution in [0.15, 0.2) is 0 Å². The molecule has 1 atom stereocenters. The molecule has 0 spiro atoms. The third-order valence-electron chi connectivity index (χ3n) is 4.86. The number of carbonyl (C=O) groups is 1. The minimum absolute atomic E-state index is 0.133. The number of thioether (sulfide) groups is 1. The summed E-state index contributed by atoms with van der Waals surface area (Å²) < 4.78 is 0. The summed E-state index contributed by atoms with van der Waals surface area (Å²) in [5.41, 5.74) is 0.413. The first-order valence-electron chi connectivity index (χ1n) is 8.03. The van der Waals surface area contributed by atoms with Crippen LogP contribution in [-0.2, 0) is 4.79 Å². The van der Waals surface area contributed by atoms with E-state index < -0.39 is 0 Å². The van der Waals surface area contributed by atoms with E-state index in [1.54, 1.807) is 0 Å². The Morgan fingerprint density at radius 3 is 2.50 bits per heavy atom. The molecule has 1 N–H and O–H groups in total. The second-order valence-electron chi connectivity index (χ2n) is 7.29. The standard InChI is InChI=1S/C16H30N2OS/c1-12(2)15(19)18-8-5-13(6-9-18)17-14-11-20-10-7-16(14,3)4/h12-14,17H,5-11H2,1-4H3. The molecule has 2 heterocycles. The van der Waals surface area contributed by atoms with E-state index in [9.17, 15) is 4.79 Å². The summed E-state index contributed by atoms with van der Waals surface area (Å²) in [6, 6.07) is 1.22. The highest BCUT2D eigenvalue weighted by Crippen LogP contribution is 2.34. The summed E-state index contributed by atoms with van der Waals surface area (Å²) in [4.78, 5) is 14.0. The Bertz CT molecular complexity index is 335. The lowest BCUT2D eigenvalue weighted by molar-refractivity contribution is -0.135. The van der Waals surface area contributed by atoms with Gasteiger partial charge in [0.05, 0.1) is 0 Å². The van der Waals surface area contributed by atoms with Crippen molar-refractivity contribution in [3.05, 3.63) is 0 Å². The average Bonchev–Trinajstić information content (AvgIpc) is 2.41. The maximum atomic E-state index is 12.0. The van der Waals surface area contributed by atoms with Crippen molar-refractivity contribution >= 4 is 17.7 Å². The van der Waals surface area contributed by atoms with Gasteiger partial charge in [-0.25, -0.2) is 0 Å². The van der Waals surface area contributed by atoms with E-state index in [-0.39, 0.29) is 5.92 Å². The first kappa shape index (κ1) is 16.2. The molecule has 116 valence electrons. The van der Waals surface area contributed by atoms with Crippen molar-refractivity contribution in [3.63, 3.8) is 0 Å². The second-order valence-corrected chi connectivity index (χ2v) is 8.44. The first-order valence-corrected chi connectivity index (χ1v) is 9.18. The van der Waals surface area contributed by atoms with E-state index in [1.807, 2.05) is 18.7 Å². The summed E-state index contributed by atoms with van der Waals surface area (Å²) in [6.07, 6.45) is 3.52. The van der Waals surface area contributed by atoms with Gasteiger partial charge in [0.15, 0.2) is 0 Å². The number of likely N-dealkylation sites (tertiary alicyclic amines) is 1. The van der Waals surface area contributed by atoms with Crippen LogP contribution in [0.4, 0.5) is 0 Å². The zero-order valence-corrected chi connectivity index (χ0v) is 14.3. The number of carbonyl (C=O) groups excluding carboxylic acids is 1. The van der Waals surface area contributed by atoms with Gasteiger partial charge in [0, 0.05) is 36.8 Å². The molecule has 4 heteroatoms. The molecule has 0 aromatic rings. The zero-order chi connectivity index (χ0) is 14.8. The van der Waals surface area contributed by atoms with Gasteiger partial charge in [0.25, 0.3) is 0 Å². The van der Waals surface area contributed by atoms with Crippen LogP contribution >= 0.6 is 11.8 Å². The van der Waals surface area contributed by atoms with Crippen molar-refractivity contribution in [2.75, 3.05) is 24.6 Å². The van der Waals surface area contributed by atoms with Crippen molar-refractivity contribution in [1.82, 2.24) is 10.2 Å². The number of hydrogen-bond donors (Lipinski definition) is 1. The molecule has 2 saturated heterocycles. The van der Waals surface area contributed by atoms with Gasteiger partial charge in [0.1, 0.15) is 0 Å². The van der Waals surface area contributed by atoms with E-state index in [2.05, 4.69) is 30.9 Å². The number of amides is 1. The molecule has 0 saturated carbocycles. The monoisotopic (exact) mass is 298 g/mol. The SMILES string of the molecule is CC(C)C(=O)N1CCC(NC2CSCCC2(C)C)CC1. The predicted octanol–water partition coefficient (Wildman–Crippen LogP) is 2.75. The van der Waals surface area contributed by atoms with E-state index in [1.165, 1.54) is 17.9 Å². The van der Waals surface area contributed by atoms with Crippen LogP contribution in [-0.4, -0.2) is 47.5 Å².